The first-order chi connectivity index (χ1) is 21.0. The number of hydrogen-bond acceptors (Lipinski definition) is 4. The van der Waals surface area contributed by atoms with Crippen molar-refractivity contribution in [2.75, 3.05) is 18.1 Å². The van der Waals surface area contributed by atoms with E-state index in [4.69, 9.17) is 4.74 Å². The molecule has 1 unspecified atom stereocenters. The molecule has 5 aromatic carbocycles. The number of para-hydroxylation sites is 1. The van der Waals surface area contributed by atoms with Crippen LogP contribution in [0.2, 0.25) is 0 Å². The molecule has 43 heavy (non-hydrogen) atoms. The molecule has 1 atom stereocenters. The van der Waals surface area contributed by atoms with Gasteiger partial charge in [-0.05, 0) is 54.1 Å². The van der Waals surface area contributed by atoms with Crippen molar-refractivity contribution in [3.05, 3.63) is 157 Å². The van der Waals surface area contributed by atoms with Gasteiger partial charge in [-0.15, -0.1) is 0 Å². The van der Waals surface area contributed by atoms with Crippen LogP contribution in [0.4, 0.5) is 5.69 Å². The highest BCUT2D eigenvalue weighted by atomic mass is 31.2. The average molecular weight is 585 g/mol. The topological polar surface area (TPSA) is 63.7 Å². The standard InChI is InChI=1S/C37H31NO4P/c1-38-33-25-15-14-24-32(33)35(40)37(36(38)41,26-28-16-6-2-7-17-28)42-34(39)27-43(29-18-8-3-9-19-29,30-20-10-4-11-21-30)31-22-12-5-13-23-31/h2-25H,26-27H2,1H3/q+1. The molecule has 1 amide bonds. The molecule has 0 fully saturated rings. The van der Waals surface area contributed by atoms with Crippen molar-refractivity contribution in [1.82, 2.24) is 0 Å². The van der Waals surface area contributed by atoms with Crippen LogP contribution in [0.5, 0.6) is 0 Å². The highest BCUT2D eigenvalue weighted by Gasteiger charge is 2.57. The molecule has 1 heterocycles. The summed E-state index contributed by atoms with van der Waals surface area (Å²) < 4.78 is 6.30. The molecule has 1 aliphatic rings. The third kappa shape index (κ3) is 5.07. The number of carbonyl (C=O) groups excluding carboxylic acids is 3. The van der Waals surface area contributed by atoms with Crippen molar-refractivity contribution < 1.29 is 19.1 Å². The average Bonchev–Trinajstić information content (AvgIpc) is 3.07. The number of carbonyl (C=O) groups is 3. The monoisotopic (exact) mass is 584 g/mol. The quantitative estimate of drug-likeness (QED) is 0.140. The Labute approximate surface area is 252 Å². The highest BCUT2D eigenvalue weighted by molar-refractivity contribution is 7.96. The lowest BCUT2D eigenvalue weighted by molar-refractivity contribution is -0.160. The van der Waals surface area contributed by atoms with Crippen molar-refractivity contribution in [2.24, 2.45) is 0 Å². The van der Waals surface area contributed by atoms with E-state index in [1.54, 1.807) is 31.3 Å². The zero-order valence-electron chi connectivity index (χ0n) is 23.8. The van der Waals surface area contributed by atoms with Crippen LogP contribution in [0.25, 0.3) is 0 Å². The van der Waals surface area contributed by atoms with Crippen LogP contribution in [0.3, 0.4) is 0 Å². The second-order valence-corrected chi connectivity index (χ2v) is 14.1. The van der Waals surface area contributed by atoms with Crippen molar-refractivity contribution >= 4 is 46.5 Å². The second kappa shape index (κ2) is 11.8. The zero-order chi connectivity index (χ0) is 29.9. The van der Waals surface area contributed by atoms with Gasteiger partial charge in [-0.3, -0.25) is 9.59 Å². The van der Waals surface area contributed by atoms with Crippen molar-refractivity contribution in [1.29, 1.82) is 0 Å². The summed E-state index contributed by atoms with van der Waals surface area (Å²) in [5.74, 6) is -1.67. The number of hydrogen-bond donors (Lipinski definition) is 0. The minimum absolute atomic E-state index is 0.0203. The molecule has 0 radical (unpaired) electrons. The largest absolute Gasteiger partial charge is 0.437 e. The van der Waals surface area contributed by atoms with Crippen LogP contribution in [0, 0.1) is 0 Å². The van der Waals surface area contributed by atoms with E-state index in [1.807, 2.05) is 121 Å². The number of ketones is 1. The predicted octanol–water partition coefficient (Wildman–Crippen LogP) is 5.36. The van der Waals surface area contributed by atoms with E-state index >= 15 is 0 Å². The first-order valence-corrected chi connectivity index (χ1v) is 16.2. The van der Waals surface area contributed by atoms with Crippen molar-refractivity contribution in [2.45, 2.75) is 12.0 Å². The zero-order valence-corrected chi connectivity index (χ0v) is 24.7. The molecule has 0 saturated heterocycles. The van der Waals surface area contributed by atoms with E-state index in [1.165, 1.54) is 4.90 Å². The maximum Gasteiger partial charge on any atom is 0.346 e. The van der Waals surface area contributed by atoms with E-state index in [0.717, 1.165) is 21.5 Å². The van der Waals surface area contributed by atoms with Crippen LogP contribution in [-0.2, 0) is 20.7 Å². The number of ether oxygens (including phenoxy) is 1. The van der Waals surface area contributed by atoms with E-state index in [0.29, 0.717) is 11.3 Å². The van der Waals surface area contributed by atoms with Gasteiger partial charge in [0.2, 0.25) is 5.78 Å². The molecule has 6 rings (SSSR count). The molecule has 5 aromatic rings. The van der Waals surface area contributed by atoms with Crippen molar-refractivity contribution in [3.8, 4) is 0 Å². The first kappa shape index (κ1) is 28.3. The molecule has 0 N–H and O–H groups in total. The van der Waals surface area contributed by atoms with Crippen LogP contribution in [-0.4, -0.2) is 36.5 Å². The number of anilines is 1. The molecular formula is C37H31NO4P+. The van der Waals surface area contributed by atoms with Crippen molar-refractivity contribution in [3.63, 3.8) is 0 Å². The number of likely N-dealkylation sites (N-methyl/N-ethyl adjacent to an activating group) is 1. The molecule has 6 heteroatoms. The van der Waals surface area contributed by atoms with Gasteiger partial charge in [0.25, 0.3) is 11.5 Å². The Balaban J connectivity index is 1.49. The molecule has 0 aliphatic carbocycles. The van der Waals surface area contributed by atoms with E-state index in [9.17, 15) is 14.4 Å². The molecular weight excluding hydrogens is 553 g/mol. The smallest absolute Gasteiger partial charge is 0.346 e. The van der Waals surface area contributed by atoms with Gasteiger partial charge >= 0.3 is 5.97 Å². The van der Waals surface area contributed by atoms with E-state index in [-0.39, 0.29) is 12.6 Å². The summed E-state index contributed by atoms with van der Waals surface area (Å²) in [5.41, 5.74) is -0.470. The normalized spacial score (nSPS) is 16.4. The number of benzene rings is 5. The highest BCUT2D eigenvalue weighted by Crippen LogP contribution is 2.55. The maximum absolute atomic E-state index is 14.4. The van der Waals surface area contributed by atoms with Gasteiger partial charge in [-0.1, -0.05) is 97.1 Å². The maximum atomic E-state index is 14.4. The molecule has 212 valence electrons. The van der Waals surface area contributed by atoms with Crippen LogP contribution in [0.1, 0.15) is 15.9 Å². The van der Waals surface area contributed by atoms with Gasteiger partial charge in [0, 0.05) is 19.0 Å². The Kier molecular flexibility index (Phi) is 7.75. The second-order valence-electron chi connectivity index (χ2n) is 10.6. The van der Waals surface area contributed by atoms with Gasteiger partial charge < -0.3 is 9.64 Å². The number of Topliss-reactive ketones (excluding diaryl/α,β-unsaturated/α-hetero) is 1. The summed E-state index contributed by atoms with van der Waals surface area (Å²) in [6.45, 7) is 0. The van der Waals surface area contributed by atoms with E-state index in [2.05, 4.69) is 0 Å². The van der Waals surface area contributed by atoms with Crippen LogP contribution < -0.4 is 20.8 Å². The molecule has 0 aromatic heterocycles. The molecule has 0 spiro atoms. The molecule has 5 nitrogen and oxygen atoms in total. The third-order valence-electron chi connectivity index (χ3n) is 8.07. The Morgan fingerprint density at radius 2 is 1.09 bits per heavy atom. The van der Waals surface area contributed by atoms with Gasteiger partial charge in [-0.25, -0.2) is 4.79 Å². The lowest BCUT2D eigenvalue weighted by Crippen LogP contribution is -2.61. The molecule has 0 bridgehead atoms. The fraction of sp³-hybridized carbons (Fsp3) is 0.108. The lowest BCUT2D eigenvalue weighted by Gasteiger charge is -2.39. The number of amides is 1. The third-order valence-corrected chi connectivity index (χ3v) is 12.3. The number of nitrogens with zero attached hydrogens (tertiary/aromatic N) is 1. The summed E-state index contributed by atoms with van der Waals surface area (Å²) in [4.78, 5) is 44.3. The SMILES string of the molecule is CN1C(=O)C(Cc2ccccc2)(OC(=O)C[P+](c2ccccc2)(c2ccccc2)c2ccccc2)C(=O)c2ccccc21. The summed E-state index contributed by atoms with van der Waals surface area (Å²) in [6.07, 6.45) is -0.0864. The van der Waals surface area contributed by atoms with Crippen LogP contribution in [0.15, 0.2) is 146 Å². The molecule has 0 saturated carbocycles. The predicted molar refractivity (Wildman–Crippen MR) is 173 cm³/mol. The minimum atomic E-state index is -2.62. The van der Waals surface area contributed by atoms with Gasteiger partial charge in [0.1, 0.15) is 23.2 Å². The Hall–Kier alpha value is -4.86. The van der Waals surface area contributed by atoms with E-state index < -0.39 is 30.5 Å². The van der Waals surface area contributed by atoms with Gasteiger partial charge in [0.05, 0.1) is 5.69 Å². The fourth-order valence-corrected chi connectivity index (χ4v) is 9.94. The Bertz CT molecular complexity index is 1660. The van der Waals surface area contributed by atoms with Crippen LogP contribution >= 0.6 is 7.26 Å². The summed E-state index contributed by atoms with van der Waals surface area (Å²) in [6, 6.07) is 46.1. The number of esters is 1. The van der Waals surface area contributed by atoms with Gasteiger partial charge in [0.15, 0.2) is 6.16 Å². The number of rotatable bonds is 8. The van der Waals surface area contributed by atoms with Gasteiger partial charge in [-0.2, -0.15) is 0 Å². The first-order valence-electron chi connectivity index (χ1n) is 14.2. The summed E-state index contributed by atoms with van der Waals surface area (Å²) in [5, 5.41) is 3.01. The summed E-state index contributed by atoms with van der Waals surface area (Å²) >= 11 is 0. The summed E-state index contributed by atoms with van der Waals surface area (Å²) in [7, 11) is -0.999. The minimum Gasteiger partial charge on any atom is -0.437 e. The lowest BCUT2D eigenvalue weighted by atomic mass is 9.81. The molecule has 1 aliphatic heterocycles. The Morgan fingerprint density at radius 1 is 0.651 bits per heavy atom. The Morgan fingerprint density at radius 3 is 1.60 bits per heavy atom. The fourth-order valence-electron chi connectivity index (χ4n) is 6.01. The number of fused-ring (bicyclic) bond motifs is 1.